The van der Waals surface area contributed by atoms with Crippen LogP contribution in [-0.4, -0.2) is 55.8 Å². The molecule has 0 unspecified atom stereocenters. The second kappa shape index (κ2) is 10.6. The highest BCUT2D eigenvalue weighted by Crippen LogP contribution is 2.11. The van der Waals surface area contributed by atoms with Gasteiger partial charge in [-0.3, -0.25) is 4.99 Å². The van der Waals surface area contributed by atoms with E-state index in [1.54, 1.807) is 11.2 Å². The van der Waals surface area contributed by atoms with Gasteiger partial charge in [0.2, 0.25) is 0 Å². The van der Waals surface area contributed by atoms with Crippen molar-refractivity contribution in [3.63, 3.8) is 0 Å². The van der Waals surface area contributed by atoms with Crippen LogP contribution < -0.4 is 10.6 Å². The monoisotopic (exact) mass is 350 g/mol. The molecule has 1 saturated heterocycles. The lowest BCUT2D eigenvalue weighted by molar-refractivity contribution is 0.0963. The molecule has 7 nitrogen and oxygen atoms in total. The minimum atomic E-state index is -0.211. The molecule has 0 bridgehead atoms. The third kappa shape index (κ3) is 6.68. The van der Waals surface area contributed by atoms with Crippen molar-refractivity contribution in [1.82, 2.24) is 15.5 Å². The van der Waals surface area contributed by atoms with Gasteiger partial charge in [0.25, 0.3) is 0 Å². The van der Waals surface area contributed by atoms with E-state index in [4.69, 9.17) is 9.15 Å². The van der Waals surface area contributed by atoms with Crippen LogP contribution in [0.3, 0.4) is 0 Å². The largest absolute Gasteiger partial charge is 0.469 e. The highest BCUT2D eigenvalue weighted by molar-refractivity contribution is 5.80. The minimum absolute atomic E-state index is 0.211. The Kier molecular flexibility index (Phi) is 8.15. The zero-order valence-electron chi connectivity index (χ0n) is 15.3. The molecule has 2 N–H and O–H groups in total. The number of furan rings is 1. The number of amides is 1. The van der Waals surface area contributed by atoms with Crippen LogP contribution in [-0.2, 0) is 11.2 Å². The molecule has 1 aliphatic rings. The van der Waals surface area contributed by atoms with E-state index >= 15 is 0 Å². The van der Waals surface area contributed by atoms with Crippen LogP contribution in [0.15, 0.2) is 27.8 Å². The number of likely N-dealkylation sites (tertiary alicyclic amines) is 1. The normalized spacial score (nSPS) is 15.9. The number of carbonyl (C=O) groups excluding carboxylic acids is 1. The van der Waals surface area contributed by atoms with Crippen LogP contribution in [0, 0.1) is 0 Å². The number of carbonyl (C=O) groups is 1. The topological polar surface area (TPSA) is 79.1 Å². The fraction of sp³-hybridized carbons (Fsp3) is 0.667. The highest BCUT2D eigenvalue weighted by atomic mass is 16.6. The van der Waals surface area contributed by atoms with Gasteiger partial charge in [0.1, 0.15) is 5.76 Å². The van der Waals surface area contributed by atoms with Crippen molar-refractivity contribution in [3.05, 3.63) is 24.2 Å². The summed E-state index contributed by atoms with van der Waals surface area (Å²) in [7, 11) is 0. The molecule has 140 valence electrons. The number of piperidine rings is 1. The van der Waals surface area contributed by atoms with Crippen molar-refractivity contribution < 1.29 is 13.9 Å². The predicted molar refractivity (Wildman–Crippen MR) is 97.8 cm³/mol. The van der Waals surface area contributed by atoms with Crippen LogP contribution in [0.2, 0.25) is 0 Å². The summed E-state index contributed by atoms with van der Waals surface area (Å²) in [6.07, 6.45) is 5.09. The molecule has 0 aliphatic carbocycles. The van der Waals surface area contributed by atoms with Gasteiger partial charge < -0.3 is 24.7 Å². The van der Waals surface area contributed by atoms with Crippen molar-refractivity contribution in [3.8, 4) is 0 Å². The van der Waals surface area contributed by atoms with Crippen molar-refractivity contribution in [1.29, 1.82) is 0 Å². The number of rotatable bonds is 7. The van der Waals surface area contributed by atoms with E-state index in [2.05, 4.69) is 22.5 Å². The number of nitrogens with zero attached hydrogens (tertiary/aromatic N) is 2. The molecule has 0 spiro atoms. The molecule has 1 amide bonds. The summed E-state index contributed by atoms with van der Waals surface area (Å²) in [6.45, 7) is 7.35. The Morgan fingerprint density at radius 3 is 2.84 bits per heavy atom. The van der Waals surface area contributed by atoms with Gasteiger partial charge in [-0.1, -0.05) is 6.92 Å². The minimum Gasteiger partial charge on any atom is -0.469 e. The fourth-order valence-corrected chi connectivity index (χ4v) is 2.75. The zero-order valence-corrected chi connectivity index (χ0v) is 15.3. The first-order valence-electron chi connectivity index (χ1n) is 9.21. The molecule has 1 aromatic heterocycles. The molecule has 25 heavy (non-hydrogen) atoms. The molecular weight excluding hydrogens is 320 g/mol. The Morgan fingerprint density at radius 2 is 2.20 bits per heavy atom. The Bertz CT molecular complexity index is 522. The molecule has 2 rings (SSSR count). The highest BCUT2D eigenvalue weighted by Gasteiger charge is 2.24. The third-order valence-electron chi connectivity index (χ3n) is 4.10. The maximum atomic E-state index is 11.8. The smallest absolute Gasteiger partial charge is 0.409 e. The van der Waals surface area contributed by atoms with Crippen LogP contribution in [0.4, 0.5) is 4.79 Å². The quantitative estimate of drug-likeness (QED) is 0.583. The SMILES string of the molecule is CCCN=C(NCCc1ccco1)NC1CCN(C(=O)OCC)CC1. The number of nitrogens with one attached hydrogen (secondary N) is 2. The Labute approximate surface area is 149 Å². The van der Waals surface area contributed by atoms with Crippen LogP contribution >= 0.6 is 0 Å². The second-order valence-corrected chi connectivity index (χ2v) is 6.09. The third-order valence-corrected chi connectivity index (χ3v) is 4.10. The van der Waals surface area contributed by atoms with Gasteiger partial charge >= 0.3 is 6.09 Å². The number of hydrogen-bond acceptors (Lipinski definition) is 4. The van der Waals surface area contributed by atoms with Crippen LogP contribution in [0.5, 0.6) is 0 Å². The molecule has 0 saturated carbocycles. The van der Waals surface area contributed by atoms with Gasteiger partial charge in [0.05, 0.1) is 12.9 Å². The molecule has 1 aliphatic heterocycles. The van der Waals surface area contributed by atoms with E-state index in [1.807, 2.05) is 19.1 Å². The summed E-state index contributed by atoms with van der Waals surface area (Å²) in [4.78, 5) is 18.1. The summed E-state index contributed by atoms with van der Waals surface area (Å²) in [5, 5.41) is 6.86. The standard InChI is InChI=1S/C18H30N4O3/c1-3-10-19-17(20-11-7-16-6-5-14-25-16)21-15-8-12-22(13-9-15)18(23)24-4-2/h5-6,14-15H,3-4,7-13H2,1-2H3,(H2,19,20,21). The molecule has 7 heteroatoms. The summed E-state index contributed by atoms with van der Waals surface area (Å²) in [6, 6.07) is 4.19. The number of hydrogen-bond donors (Lipinski definition) is 2. The zero-order chi connectivity index (χ0) is 17.9. The van der Waals surface area contributed by atoms with Gasteiger partial charge in [-0.2, -0.15) is 0 Å². The maximum Gasteiger partial charge on any atom is 0.409 e. The average Bonchev–Trinajstić information content (AvgIpc) is 3.13. The fourth-order valence-electron chi connectivity index (χ4n) is 2.75. The maximum absolute atomic E-state index is 11.8. The first kappa shape index (κ1) is 19.1. The summed E-state index contributed by atoms with van der Waals surface area (Å²) in [5.41, 5.74) is 0. The van der Waals surface area contributed by atoms with Crippen molar-refractivity contribution >= 4 is 12.1 Å². The van der Waals surface area contributed by atoms with E-state index in [0.717, 1.165) is 50.5 Å². The van der Waals surface area contributed by atoms with Crippen LogP contribution in [0.1, 0.15) is 38.9 Å². The lowest BCUT2D eigenvalue weighted by Crippen LogP contribution is -2.50. The predicted octanol–water partition coefficient (Wildman–Crippen LogP) is 2.39. The lowest BCUT2D eigenvalue weighted by atomic mass is 10.1. The Hall–Kier alpha value is -2.18. The number of ether oxygens (including phenoxy) is 1. The molecule has 1 fully saturated rings. The molecule has 0 aromatic carbocycles. The van der Waals surface area contributed by atoms with Crippen LogP contribution in [0.25, 0.3) is 0 Å². The van der Waals surface area contributed by atoms with Gasteiger partial charge in [0, 0.05) is 38.6 Å². The van der Waals surface area contributed by atoms with Gasteiger partial charge in [-0.25, -0.2) is 4.79 Å². The Balaban J connectivity index is 1.76. The summed E-state index contributed by atoms with van der Waals surface area (Å²) >= 11 is 0. The van der Waals surface area contributed by atoms with E-state index in [1.165, 1.54) is 0 Å². The number of aliphatic imine (C=N–C) groups is 1. The molecule has 0 atom stereocenters. The van der Waals surface area contributed by atoms with E-state index in [9.17, 15) is 4.79 Å². The molecular formula is C18H30N4O3. The average molecular weight is 350 g/mol. The molecule has 2 heterocycles. The van der Waals surface area contributed by atoms with E-state index < -0.39 is 0 Å². The second-order valence-electron chi connectivity index (χ2n) is 6.09. The number of guanidine groups is 1. The van der Waals surface area contributed by atoms with Gasteiger partial charge in [-0.15, -0.1) is 0 Å². The first-order chi connectivity index (χ1) is 12.2. The van der Waals surface area contributed by atoms with Crippen molar-refractivity contribution in [2.45, 2.75) is 45.6 Å². The van der Waals surface area contributed by atoms with Gasteiger partial charge in [-0.05, 0) is 38.3 Å². The molecule has 0 radical (unpaired) electrons. The summed E-state index contributed by atoms with van der Waals surface area (Å²) < 4.78 is 10.4. The Morgan fingerprint density at radius 1 is 1.40 bits per heavy atom. The van der Waals surface area contributed by atoms with Gasteiger partial charge in [0.15, 0.2) is 5.96 Å². The van der Waals surface area contributed by atoms with Crippen molar-refractivity contribution in [2.75, 3.05) is 32.8 Å². The summed E-state index contributed by atoms with van der Waals surface area (Å²) in [5.74, 6) is 1.80. The lowest BCUT2D eigenvalue weighted by Gasteiger charge is -2.32. The molecule has 1 aromatic rings. The van der Waals surface area contributed by atoms with E-state index in [-0.39, 0.29) is 6.09 Å². The van der Waals surface area contributed by atoms with Crippen molar-refractivity contribution in [2.24, 2.45) is 4.99 Å². The van der Waals surface area contributed by atoms with E-state index in [0.29, 0.717) is 25.7 Å². The first-order valence-corrected chi connectivity index (χ1v) is 9.21.